The second-order valence-corrected chi connectivity index (χ2v) is 3.18. The van der Waals surface area contributed by atoms with Gasteiger partial charge in [-0.05, 0) is 20.8 Å². The fourth-order valence-corrected chi connectivity index (χ4v) is 0.439. The standard InChI is InChI=1S/C8H15NO4/c1-8(2,3)13-7(12)9-5-4-6(10)11/h4-5H2,1-3H3,(H,9,12)(H,10,11)/i4D2,5D2. The van der Waals surface area contributed by atoms with Gasteiger partial charge < -0.3 is 15.2 Å². The van der Waals surface area contributed by atoms with Crippen LogP contribution in [0.3, 0.4) is 0 Å². The van der Waals surface area contributed by atoms with E-state index in [4.69, 9.17) is 15.3 Å². The molecule has 5 heteroatoms. The van der Waals surface area contributed by atoms with Gasteiger partial charge in [-0.25, -0.2) is 4.79 Å². The van der Waals surface area contributed by atoms with E-state index in [2.05, 4.69) is 0 Å². The molecule has 0 radical (unpaired) electrons. The van der Waals surface area contributed by atoms with Gasteiger partial charge in [0.05, 0.1) is 6.37 Å². The van der Waals surface area contributed by atoms with Crippen LogP contribution >= 0.6 is 0 Å². The van der Waals surface area contributed by atoms with Crippen molar-refractivity contribution in [3.8, 4) is 0 Å². The molecule has 2 N–H and O–H groups in total. The summed E-state index contributed by atoms with van der Waals surface area (Å²) in [5.74, 6) is -2.02. The average molecular weight is 193 g/mol. The van der Waals surface area contributed by atoms with Crippen LogP contribution in [0.25, 0.3) is 0 Å². The summed E-state index contributed by atoms with van der Waals surface area (Å²) in [6.45, 7) is 1.52. The van der Waals surface area contributed by atoms with E-state index in [1.807, 2.05) is 0 Å². The molecule has 0 aromatic carbocycles. The van der Waals surface area contributed by atoms with E-state index in [0.717, 1.165) is 0 Å². The second-order valence-electron chi connectivity index (χ2n) is 3.18. The number of rotatable bonds is 3. The minimum atomic E-state index is -3.26. The third-order valence-electron chi connectivity index (χ3n) is 0.733. The van der Waals surface area contributed by atoms with Crippen molar-refractivity contribution >= 4 is 12.1 Å². The van der Waals surface area contributed by atoms with Crippen molar-refractivity contribution in [1.29, 1.82) is 0 Å². The fourth-order valence-electron chi connectivity index (χ4n) is 0.439. The number of nitrogens with one attached hydrogen (secondary N) is 1. The normalized spacial score (nSPS) is 17.5. The number of hydrogen-bond acceptors (Lipinski definition) is 3. The van der Waals surface area contributed by atoms with Gasteiger partial charge in [0.15, 0.2) is 0 Å². The lowest BCUT2D eigenvalue weighted by Gasteiger charge is -2.19. The molecular formula is C8H15NO4. The number of carboxylic acid groups (broad SMARTS) is 1. The van der Waals surface area contributed by atoms with E-state index >= 15 is 0 Å². The predicted molar refractivity (Wildman–Crippen MR) is 46.5 cm³/mol. The van der Waals surface area contributed by atoms with Crippen LogP contribution in [-0.4, -0.2) is 29.3 Å². The Morgan fingerprint density at radius 1 is 1.54 bits per heavy atom. The predicted octanol–water partition coefficient (Wildman–Crippen LogP) is 0.986. The van der Waals surface area contributed by atoms with Gasteiger partial charge in [-0.3, -0.25) is 4.79 Å². The molecule has 0 aliphatic rings. The Morgan fingerprint density at radius 2 is 2.08 bits per heavy atom. The van der Waals surface area contributed by atoms with E-state index in [0.29, 0.717) is 0 Å². The van der Waals surface area contributed by atoms with Crippen molar-refractivity contribution in [2.24, 2.45) is 0 Å². The first-order valence-electron chi connectivity index (χ1n) is 5.54. The third kappa shape index (κ3) is 8.65. The number of alkyl carbamates (subject to hydrolysis) is 1. The fraction of sp³-hybridized carbons (Fsp3) is 0.750. The first-order valence-corrected chi connectivity index (χ1v) is 3.54. The molecule has 5 nitrogen and oxygen atoms in total. The molecule has 0 saturated heterocycles. The van der Waals surface area contributed by atoms with Crippen molar-refractivity contribution in [3.63, 3.8) is 0 Å². The molecule has 0 aliphatic carbocycles. The van der Waals surface area contributed by atoms with Crippen LogP contribution in [0, 0.1) is 0 Å². The zero-order valence-corrected chi connectivity index (χ0v) is 7.67. The highest BCUT2D eigenvalue weighted by Crippen LogP contribution is 2.06. The molecule has 0 aromatic rings. The molecule has 76 valence electrons. The SMILES string of the molecule is [2H]C([2H])(NC(=O)OC(C)(C)C)C([2H])([2H])C(=O)O. The van der Waals surface area contributed by atoms with E-state index in [-0.39, 0.29) is 0 Å². The van der Waals surface area contributed by atoms with Crippen molar-refractivity contribution in [1.82, 2.24) is 5.32 Å². The second kappa shape index (κ2) is 4.69. The number of hydrogen-bond donors (Lipinski definition) is 2. The summed E-state index contributed by atoms with van der Waals surface area (Å²) >= 11 is 0. The molecule has 13 heavy (non-hydrogen) atoms. The topological polar surface area (TPSA) is 75.6 Å². The van der Waals surface area contributed by atoms with Gasteiger partial charge in [0.2, 0.25) is 0 Å². The third-order valence-corrected chi connectivity index (χ3v) is 0.733. The quantitative estimate of drug-likeness (QED) is 0.700. The van der Waals surface area contributed by atoms with Gasteiger partial charge in [0.25, 0.3) is 0 Å². The van der Waals surface area contributed by atoms with E-state index in [9.17, 15) is 9.59 Å². The van der Waals surface area contributed by atoms with Gasteiger partial charge >= 0.3 is 12.1 Å². The molecule has 0 bridgehead atoms. The molecule has 0 spiro atoms. The maximum absolute atomic E-state index is 11.2. The Balaban J connectivity index is 4.78. The average Bonchev–Trinajstić information content (AvgIpc) is 1.97. The zero-order valence-electron chi connectivity index (χ0n) is 11.7. The molecule has 0 rings (SSSR count). The first kappa shape index (κ1) is 6.23. The summed E-state index contributed by atoms with van der Waals surface area (Å²) in [7, 11) is 0. The van der Waals surface area contributed by atoms with Crippen LogP contribution in [0.2, 0.25) is 0 Å². The van der Waals surface area contributed by atoms with Crippen LogP contribution in [0.15, 0.2) is 0 Å². The zero-order chi connectivity index (χ0) is 14.1. The number of carbonyl (C=O) groups is 2. The number of carbonyl (C=O) groups excluding carboxylic acids is 1. The molecule has 0 fully saturated rings. The molecular weight excluding hydrogens is 174 g/mol. The highest BCUT2D eigenvalue weighted by molar-refractivity contribution is 5.70. The Morgan fingerprint density at radius 3 is 2.46 bits per heavy atom. The number of ether oxygens (including phenoxy) is 1. The molecule has 0 saturated carbocycles. The summed E-state index contributed by atoms with van der Waals surface area (Å²) in [6, 6.07) is 0. The highest BCUT2D eigenvalue weighted by atomic mass is 16.6. The van der Waals surface area contributed by atoms with Crippen LogP contribution in [0.5, 0.6) is 0 Å². The highest BCUT2D eigenvalue weighted by Gasteiger charge is 2.15. The van der Waals surface area contributed by atoms with Gasteiger partial charge in [0.1, 0.15) is 5.60 Å². The molecule has 0 atom stereocenters. The van der Waals surface area contributed by atoms with Crippen LogP contribution < -0.4 is 5.32 Å². The molecule has 1 amide bonds. The lowest BCUT2D eigenvalue weighted by atomic mass is 10.2. The summed E-state index contributed by atoms with van der Waals surface area (Å²) < 4.78 is 33.2. The van der Waals surface area contributed by atoms with Crippen molar-refractivity contribution in [3.05, 3.63) is 0 Å². The van der Waals surface area contributed by atoms with Gasteiger partial charge in [-0.2, -0.15) is 0 Å². The van der Waals surface area contributed by atoms with Crippen molar-refractivity contribution < 1.29 is 24.9 Å². The maximum atomic E-state index is 11.2. The molecule has 0 aliphatic heterocycles. The van der Waals surface area contributed by atoms with E-state index < -0.39 is 30.5 Å². The minimum absolute atomic E-state index is 0.893. The lowest BCUT2D eigenvalue weighted by molar-refractivity contribution is -0.136. The Labute approximate surface area is 82.7 Å². The van der Waals surface area contributed by atoms with E-state index in [1.165, 1.54) is 20.8 Å². The van der Waals surface area contributed by atoms with Gasteiger partial charge in [0, 0.05) is 12.0 Å². The largest absolute Gasteiger partial charge is 0.481 e. The van der Waals surface area contributed by atoms with Crippen molar-refractivity contribution in [2.45, 2.75) is 32.7 Å². The first-order chi connectivity index (χ1) is 7.29. The van der Waals surface area contributed by atoms with Crippen molar-refractivity contribution in [2.75, 3.05) is 6.50 Å². The summed E-state index contributed by atoms with van der Waals surface area (Å²) in [6.07, 6.45) is -4.49. The van der Waals surface area contributed by atoms with Crippen LogP contribution in [0.4, 0.5) is 4.79 Å². The number of aliphatic carboxylic acids is 1. The molecule has 0 unspecified atom stereocenters. The summed E-state index contributed by atoms with van der Waals surface area (Å²) in [4.78, 5) is 21.7. The minimum Gasteiger partial charge on any atom is -0.481 e. The monoisotopic (exact) mass is 193 g/mol. The van der Waals surface area contributed by atoms with Gasteiger partial charge in [-0.1, -0.05) is 0 Å². The number of carboxylic acids is 1. The van der Waals surface area contributed by atoms with E-state index in [1.54, 1.807) is 5.32 Å². The summed E-state index contributed by atoms with van der Waals surface area (Å²) in [5.41, 5.74) is -0.893. The Kier molecular flexibility index (Phi) is 2.25. The Bertz CT molecular complexity index is 324. The maximum Gasteiger partial charge on any atom is 0.407 e. The van der Waals surface area contributed by atoms with Gasteiger partial charge in [-0.15, -0.1) is 0 Å². The molecule has 0 heterocycles. The van der Waals surface area contributed by atoms with Crippen LogP contribution in [0.1, 0.15) is 32.6 Å². The summed E-state index contributed by atoms with van der Waals surface area (Å²) in [5, 5.41) is 10.1. The number of amides is 1. The Hall–Kier alpha value is -1.26. The molecule has 0 aromatic heterocycles. The smallest absolute Gasteiger partial charge is 0.407 e. The lowest BCUT2D eigenvalue weighted by Crippen LogP contribution is -2.33. The van der Waals surface area contributed by atoms with Crippen LogP contribution in [-0.2, 0) is 9.53 Å².